The Kier molecular flexibility index (Phi) is 5.78. The second kappa shape index (κ2) is 8.88. The monoisotopic (exact) mass is 448 g/mol. The van der Waals surface area contributed by atoms with Gasteiger partial charge in [0.1, 0.15) is 5.75 Å². The molecule has 2 aromatic heterocycles. The lowest BCUT2D eigenvalue weighted by Gasteiger charge is -2.33. The van der Waals surface area contributed by atoms with Gasteiger partial charge in [-0.15, -0.1) is 0 Å². The number of benzene rings is 2. The molecule has 1 aliphatic heterocycles. The molecule has 0 bridgehead atoms. The molecule has 1 fully saturated rings. The van der Waals surface area contributed by atoms with Crippen molar-refractivity contribution < 1.29 is 18.7 Å². The largest absolute Gasteiger partial charge is 0.489 e. The molecule has 0 radical (unpaired) electrons. The fraction of sp³-hybridized carbons (Fsp3) is 0.360. The van der Waals surface area contributed by atoms with E-state index in [-0.39, 0.29) is 18.7 Å². The van der Waals surface area contributed by atoms with Gasteiger partial charge in [-0.3, -0.25) is 0 Å². The van der Waals surface area contributed by atoms with Crippen molar-refractivity contribution in [2.45, 2.75) is 58.8 Å². The highest BCUT2D eigenvalue weighted by Crippen LogP contribution is 2.32. The Morgan fingerprint density at radius 3 is 2.76 bits per heavy atom. The van der Waals surface area contributed by atoms with Gasteiger partial charge in [-0.25, -0.2) is 0 Å². The summed E-state index contributed by atoms with van der Waals surface area (Å²) in [5, 5.41) is 5.31. The molecule has 33 heavy (non-hydrogen) atoms. The third-order valence-corrected chi connectivity index (χ3v) is 5.63. The minimum Gasteiger partial charge on any atom is -0.489 e. The average Bonchev–Trinajstić information content (AvgIpc) is 3.41. The van der Waals surface area contributed by atoms with E-state index in [0.29, 0.717) is 23.2 Å². The molecule has 0 saturated carbocycles. The van der Waals surface area contributed by atoms with E-state index in [9.17, 15) is 0 Å². The van der Waals surface area contributed by atoms with Crippen LogP contribution < -0.4 is 10.5 Å². The molecule has 0 aliphatic carbocycles. The number of aromatic nitrogens is 3. The predicted molar refractivity (Wildman–Crippen MR) is 125 cm³/mol. The summed E-state index contributed by atoms with van der Waals surface area (Å²) in [6, 6.07) is 13.7. The number of rotatable bonds is 8. The lowest BCUT2D eigenvalue weighted by molar-refractivity contribution is -0.377. The molecule has 2 N–H and O–H groups in total. The Labute approximate surface area is 192 Å². The predicted octanol–water partition coefficient (Wildman–Crippen LogP) is 5.23. The molecule has 0 atom stereocenters. The molecule has 1 aliphatic rings. The molecule has 0 spiro atoms. The molecule has 3 heterocycles. The lowest BCUT2D eigenvalue weighted by Crippen LogP contribution is -2.38. The van der Waals surface area contributed by atoms with Crippen molar-refractivity contribution in [3.05, 3.63) is 48.7 Å². The number of nitrogens with two attached hydrogens (primary N) is 1. The molecule has 172 valence electrons. The lowest BCUT2D eigenvalue weighted by atomic mass is 10.1. The zero-order valence-corrected chi connectivity index (χ0v) is 19.0. The SMILES string of the molecule is CC(C)Oc1ccc(-c2nc(-c3cccc4c3ccn4CCCC3OC(C)O3)no2)cc1N. The highest BCUT2D eigenvalue weighted by Gasteiger charge is 2.26. The van der Waals surface area contributed by atoms with Crippen molar-refractivity contribution in [1.29, 1.82) is 0 Å². The van der Waals surface area contributed by atoms with E-state index in [1.54, 1.807) is 6.07 Å². The summed E-state index contributed by atoms with van der Waals surface area (Å²) in [6.45, 7) is 6.71. The summed E-state index contributed by atoms with van der Waals surface area (Å²) in [5.74, 6) is 1.60. The zero-order valence-electron chi connectivity index (χ0n) is 19.0. The van der Waals surface area contributed by atoms with Crippen LogP contribution in [0.15, 0.2) is 53.2 Å². The number of aryl methyl sites for hydroxylation is 1. The van der Waals surface area contributed by atoms with Gasteiger partial charge in [0.2, 0.25) is 5.82 Å². The zero-order chi connectivity index (χ0) is 22.9. The van der Waals surface area contributed by atoms with Crippen molar-refractivity contribution >= 4 is 16.6 Å². The molecular formula is C25H28N4O4. The van der Waals surface area contributed by atoms with Gasteiger partial charge in [-0.2, -0.15) is 4.98 Å². The number of hydrogen-bond acceptors (Lipinski definition) is 7. The molecular weight excluding hydrogens is 420 g/mol. The molecule has 0 amide bonds. The van der Waals surface area contributed by atoms with Crippen LogP contribution in [0.2, 0.25) is 0 Å². The molecule has 5 rings (SSSR count). The van der Waals surface area contributed by atoms with Crippen LogP contribution in [0.1, 0.15) is 33.6 Å². The number of ether oxygens (including phenoxy) is 3. The maximum Gasteiger partial charge on any atom is 0.258 e. The van der Waals surface area contributed by atoms with Gasteiger partial charge < -0.3 is 29.0 Å². The van der Waals surface area contributed by atoms with Gasteiger partial charge in [0.15, 0.2) is 12.6 Å². The van der Waals surface area contributed by atoms with Crippen molar-refractivity contribution in [1.82, 2.24) is 14.7 Å². The fourth-order valence-corrected chi connectivity index (χ4v) is 4.11. The maximum atomic E-state index is 6.15. The molecule has 8 heteroatoms. The van der Waals surface area contributed by atoms with Crippen LogP contribution >= 0.6 is 0 Å². The second-order valence-corrected chi connectivity index (χ2v) is 8.50. The van der Waals surface area contributed by atoms with E-state index in [0.717, 1.165) is 41.4 Å². The van der Waals surface area contributed by atoms with E-state index >= 15 is 0 Å². The standard InChI is InChI=1S/C25H28N4O4/c1-15(2)30-22-10-9-17(14-20(22)26)25-27-24(28-33-25)19-6-4-7-21-18(19)11-13-29(21)12-5-8-23-31-16(3)32-23/h4,6-7,9-11,13-16,23H,5,8,12,26H2,1-3H3. The van der Waals surface area contributed by atoms with Gasteiger partial charge in [0.25, 0.3) is 5.89 Å². The van der Waals surface area contributed by atoms with Crippen LogP contribution in [0.25, 0.3) is 33.7 Å². The van der Waals surface area contributed by atoms with Gasteiger partial charge in [-0.05, 0) is 57.5 Å². The van der Waals surface area contributed by atoms with E-state index in [2.05, 4.69) is 33.0 Å². The third kappa shape index (κ3) is 4.44. The first kappa shape index (κ1) is 21.5. The first-order valence-corrected chi connectivity index (χ1v) is 11.3. The molecule has 2 aromatic carbocycles. The number of nitrogens with zero attached hydrogens (tertiary/aromatic N) is 3. The first-order valence-electron chi connectivity index (χ1n) is 11.3. The molecule has 4 aromatic rings. The second-order valence-electron chi connectivity index (χ2n) is 8.50. The van der Waals surface area contributed by atoms with Crippen LogP contribution in [-0.4, -0.2) is 33.4 Å². The van der Waals surface area contributed by atoms with Crippen LogP contribution in [-0.2, 0) is 16.0 Å². The molecule has 8 nitrogen and oxygen atoms in total. The van der Waals surface area contributed by atoms with Crippen molar-refractivity contribution in [2.75, 3.05) is 5.73 Å². The summed E-state index contributed by atoms with van der Waals surface area (Å²) in [6.07, 6.45) is 3.83. The average molecular weight is 449 g/mol. The van der Waals surface area contributed by atoms with Gasteiger partial charge in [0, 0.05) is 41.2 Å². The summed E-state index contributed by atoms with van der Waals surface area (Å²) in [5.41, 5.74) is 9.48. The van der Waals surface area contributed by atoms with Gasteiger partial charge in [0.05, 0.1) is 11.8 Å². The van der Waals surface area contributed by atoms with Crippen LogP contribution in [0.4, 0.5) is 5.69 Å². The topological polar surface area (TPSA) is 97.6 Å². The summed E-state index contributed by atoms with van der Waals surface area (Å²) < 4.78 is 24.5. The van der Waals surface area contributed by atoms with E-state index < -0.39 is 0 Å². The maximum absolute atomic E-state index is 6.15. The summed E-state index contributed by atoms with van der Waals surface area (Å²) in [4.78, 5) is 4.64. The van der Waals surface area contributed by atoms with Crippen LogP contribution in [0, 0.1) is 0 Å². The number of nitrogen functional groups attached to an aromatic ring is 1. The number of hydrogen-bond donors (Lipinski definition) is 1. The Bertz CT molecular complexity index is 1260. The minimum atomic E-state index is -0.0763. The van der Waals surface area contributed by atoms with Gasteiger partial charge in [-0.1, -0.05) is 17.3 Å². The third-order valence-electron chi connectivity index (χ3n) is 5.63. The highest BCUT2D eigenvalue weighted by atomic mass is 16.9. The van der Waals surface area contributed by atoms with Crippen LogP contribution in [0.3, 0.4) is 0 Å². The van der Waals surface area contributed by atoms with Gasteiger partial charge >= 0.3 is 0 Å². The molecule has 0 unspecified atom stereocenters. The van der Waals surface area contributed by atoms with Crippen LogP contribution in [0.5, 0.6) is 5.75 Å². The van der Waals surface area contributed by atoms with E-state index in [4.69, 9.17) is 24.5 Å². The minimum absolute atomic E-state index is 0.0459. The number of fused-ring (bicyclic) bond motifs is 1. The quantitative estimate of drug-likeness (QED) is 0.369. The van der Waals surface area contributed by atoms with Crippen molar-refractivity contribution in [3.8, 4) is 28.6 Å². The normalized spacial score (nSPS) is 18.1. The Hall–Kier alpha value is -3.36. The highest BCUT2D eigenvalue weighted by molar-refractivity contribution is 5.94. The van der Waals surface area contributed by atoms with E-state index in [1.807, 2.05) is 45.0 Å². The Morgan fingerprint density at radius 2 is 2.00 bits per heavy atom. The summed E-state index contributed by atoms with van der Waals surface area (Å²) >= 11 is 0. The molecule has 1 saturated heterocycles. The summed E-state index contributed by atoms with van der Waals surface area (Å²) in [7, 11) is 0. The number of anilines is 1. The van der Waals surface area contributed by atoms with Crippen molar-refractivity contribution in [2.24, 2.45) is 0 Å². The smallest absolute Gasteiger partial charge is 0.258 e. The first-order chi connectivity index (χ1) is 16.0. The van der Waals surface area contributed by atoms with Crippen molar-refractivity contribution in [3.63, 3.8) is 0 Å². The fourth-order valence-electron chi connectivity index (χ4n) is 4.11. The van der Waals surface area contributed by atoms with E-state index in [1.165, 1.54) is 0 Å². The Balaban J connectivity index is 1.35. The Morgan fingerprint density at radius 1 is 1.15 bits per heavy atom.